The van der Waals surface area contributed by atoms with Crippen LogP contribution < -0.4 is 15.8 Å². The molecule has 2 aromatic rings. The number of fused-ring (bicyclic) bond motifs is 1. The zero-order valence-corrected chi connectivity index (χ0v) is 18.5. The molecule has 1 aliphatic carbocycles. The van der Waals surface area contributed by atoms with Crippen molar-refractivity contribution in [2.75, 3.05) is 31.6 Å². The predicted octanol–water partition coefficient (Wildman–Crippen LogP) is 1.61. The fourth-order valence-electron chi connectivity index (χ4n) is 5.68. The van der Waals surface area contributed by atoms with E-state index in [0.29, 0.717) is 24.2 Å². The van der Waals surface area contributed by atoms with Crippen LogP contribution in [0.3, 0.4) is 0 Å². The van der Waals surface area contributed by atoms with Gasteiger partial charge in [-0.2, -0.15) is 4.39 Å². The molecule has 32 heavy (non-hydrogen) atoms. The summed E-state index contributed by atoms with van der Waals surface area (Å²) in [5.74, 6) is -0.158. The number of carbonyl (C=O) groups is 1. The molecule has 0 radical (unpaired) electrons. The SMILES string of the molecule is CCc1cnc(C23CC(C2)N(C2CCN(c4ccc(C(=O)NC)nc4F)CC2)C3)[nH]c1=O. The Morgan fingerprint density at radius 2 is 2.03 bits per heavy atom. The van der Waals surface area contributed by atoms with Crippen LogP contribution in [0.15, 0.2) is 23.1 Å². The second kappa shape index (κ2) is 7.95. The van der Waals surface area contributed by atoms with E-state index in [4.69, 9.17) is 0 Å². The number of hydrogen-bond acceptors (Lipinski definition) is 6. The summed E-state index contributed by atoms with van der Waals surface area (Å²) in [6.07, 6.45) is 6.40. The van der Waals surface area contributed by atoms with Gasteiger partial charge in [0.05, 0.1) is 5.69 Å². The summed E-state index contributed by atoms with van der Waals surface area (Å²) in [6.45, 7) is 4.39. The van der Waals surface area contributed by atoms with Crippen LogP contribution in [-0.2, 0) is 11.8 Å². The van der Waals surface area contributed by atoms with E-state index < -0.39 is 11.9 Å². The minimum Gasteiger partial charge on any atom is -0.368 e. The first-order chi connectivity index (χ1) is 15.4. The Balaban J connectivity index is 1.23. The Hall–Kier alpha value is -2.81. The normalized spacial score (nSPS) is 25.6. The summed E-state index contributed by atoms with van der Waals surface area (Å²) in [5.41, 5.74) is 1.23. The lowest BCUT2D eigenvalue weighted by molar-refractivity contribution is 0.0957. The van der Waals surface area contributed by atoms with Crippen LogP contribution in [0.25, 0.3) is 0 Å². The molecule has 0 atom stereocenters. The summed E-state index contributed by atoms with van der Waals surface area (Å²) in [6, 6.07) is 4.20. The molecule has 0 spiro atoms. The van der Waals surface area contributed by atoms with Crippen molar-refractivity contribution in [1.29, 1.82) is 0 Å². The number of hydrogen-bond donors (Lipinski definition) is 2. The van der Waals surface area contributed by atoms with E-state index in [0.717, 1.165) is 56.7 Å². The van der Waals surface area contributed by atoms with Crippen LogP contribution in [-0.4, -0.2) is 64.5 Å². The van der Waals surface area contributed by atoms with Crippen molar-refractivity contribution >= 4 is 11.6 Å². The molecule has 0 aromatic carbocycles. The molecule has 6 rings (SSSR count). The molecule has 9 heteroatoms. The summed E-state index contributed by atoms with van der Waals surface area (Å²) in [7, 11) is 1.50. The van der Waals surface area contributed by atoms with Crippen molar-refractivity contribution in [1.82, 2.24) is 25.2 Å². The van der Waals surface area contributed by atoms with E-state index in [2.05, 4.69) is 25.2 Å². The third-order valence-electron chi connectivity index (χ3n) is 7.53. The second-order valence-electron chi connectivity index (χ2n) is 9.26. The van der Waals surface area contributed by atoms with Gasteiger partial charge in [-0.15, -0.1) is 0 Å². The fraction of sp³-hybridized carbons (Fsp3) is 0.565. The lowest BCUT2D eigenvalue weighted by Gasteiger charge is -2.40. The Labute approximate surface area is 186 Å². The number of H-pyrrole nitrogens is 1. The van der Waals surface area contributed by atoms with Gasteiger partial charge in [-0.05, 0) is 44.2 Å². The molecular weight excluding hydrogens is 411 g/mol. The van der Waals surface area contributed by atoms with E-state index in [1.807, 2.05) is 11.8 Å². The third kappa shape index (κ3) is 3.39. The Morgan fingerprint density at radius 1 is 1.28 bits per heavy atom. The van der Waals surface area contributed by atoms with E-state index in [1.165, 1.54) is 7.05 Å². The number of anilines is 1. The predicted molar refractivity (Wildman–Crippen MR) is 118 cm³/mol. The largest absolute Gasteiger partial charge is 0.368 e. The van der Waals surface area contributed by atoms with Gasteiger partial charge < -0.3 is 15.2 Å². The third-order valence-corrected chi connectivity index (χ3v) is 7.53. The number of amides is 1. The minimum absolute atomic E-state index is 0.0137. The van der Waals surface area contributed by atoms with Crippen LogP contribution in [0, 0.1) is 5.95 Å². The lowest BCUT2D eigenvalue weighted by atomic mass is 9.69. The van der Waals surface area contributed by atoms with Gasteiger partial charge in [0.2, 0.25) is 5.95 Å². The van der Waals surface area contributed by atoms with Crippen molar-refractivity contribution in [3.05, 3.63) is 51.7 Å². The first kappa shape index (κ1) is 21.1. The van der Waals surface area contributed by atoms with Gasteiger partial charge >= 0.3 is 0 Å². The number of aryl methyl sites for hydroxylation is 1. The summed E-state index contributed by atoms with van der Waals surface area (Å²) < 4.78 is 14.5. The molecule has 2 N–H and O–H groups in total. The molecule has 1 amide bonds. The van der Waals surface area contributed by atoms with E-state index >= 15 is 0 Å². The van der Waals surface area contributed by atoms with Crippen molar-refractivity contribution in [3.63, 3.8) is 0 Å². The molecule has 3 aliphatic heterocycles. The zero-order chi connectivity index (χ0) is 22.5. The van der Waals surface area contributed by atoms with Gasteiger partial charge in [-0.25, -0.2) is 9.97 Å². The second-order valence-corrected chi connectivity index (χ2v) is 9.26. The molecular formula is C23H29FN6O2. The van der Waals surface area contributed by atoms with Gasteiger partial charge in [0.1, 0.15) is 11.5 Å². The number of piperidine rings is 1. The van der Waals surface area contributed by atoms with Crippen LogP contribution >= 0.6 is 0 Å². The molecule has 170 valence electrons. The lowest BCUT2D eigenvalue weighted by Crippen LogP contribution is -2.46. The molecule has 4 aliphatic rings. The monoisotopic (exact) mass is 440 g/mol. The molecule has 3 saturated heterocycles. The molecule has 8 nitrogen and oxygen atoms in total. The minimum atomic E-state index is -0.600. The number of pyridine rings is 1. The van der Waals surface area contributed by atoms with Crippen molar-refractivity contribution in [3.8, 4) is 0 Å². The summed E-state index contributed by atoms with van der Waals surface area (Å²) >= 11 is 0. The number of carbonyl (C=O) groups excluding carboxylic acids is 1. The van der Waals surface area contributed by atoms with E-state index in [1.54, 1.807) is 18.3 Å². The Morgan fingerprint density at radius 3 is 2.66 bits per heavy atom. The van der Waals surface area contributed by atoms with Crippen LogP contribution in [0.2, 0.25) is 0 Å². The number of nitrogens with zero attached hydrogens (tertiary/aromatic N) is 4. The maximum atomic E-state index is 14.5. The van der Waals surface area contributed by atoms with Gasteiger partial charge in [0.15, 0.2) is 0 Å². The number of halogens is 1. The molecule has 4 fully saturated rings. The van der Waals surface area contributed by atoms with Crippen LogP contribution in [0.4, 0.5) is 10.1 Å². The number of aromatic nitrogens is 3. The zero-order valence-electron chi connectivity index (χ0n) is 18.5. The van der Waals surface area contributed by atoms with Gasteiger partial charge in [0, 0.05) is 55.9 Å². The Bertz CT molecular complexity index is 1090. The number of aromatic amines is 1. The fourth-order valence-corrected chi connectivity index (χ4v) is 5.68. The maximum absolute atomic E-state index is 14.5. The number of nitrogens with one attached hydrogen (secondary N) is 2. The highest BCUT2D eigenvalue weighted by Gasteiger charge is 2.58. The van der Waals surface area contributed by atoms with Crippen molar-refractivity contribution in [2.45, 2.75) is 56.5 Å². The average molecular weight is 441 g/mol. The molecule has 0 unspecified atom stereocenters. The molecule has 5 heterocycles. The summed E-state index contributed by atoms with van der Waals surface area (Å²) in [5, 5.41) is 2.46. The van der Waals surface area contributed by atoms with E-state index in [-0.39, 0.29) is 16.7 Å². The molecule has 1 saturated carbocycles. The molecule has 2 aromatic heterocycles. The highest BCUT2D eigenvalue weighted by atomic mass is 19.1. The van der Waals surface area contributed by atoms with Crippen molar-refractivity contribution in [2.24, 2.45) is 0 Å². The van der Waals surface area contributed by atoms with Gasteiger partial charge in [-0.1, -0.05) is 6.92 Å². The van der Waals surface area contributed by atoms with Crippen molar-refractivity contribution < 1.29 is 9.18 Å². The van der Waals surface area contributed by atoms with E-state index in [9.17, 15) is 14.0 Å². The van der Waals surface area contributed by atoms with Gasteiger partial charge in [-0.3, -0.25) is 14.5 Å². The number of rotatable bonds is 5. The quantitative estimate of drug-likeness (QED) is 0.686. The topological polar surface area (TPSA) is 94.2 Å². The highest BCUT2D eigenvalue weighted by molar-refractivity contribution is 5.92. The Kier molecular flexibility index (Phi) is 5.23. The summed E-state index contributed by atoms with van der Waals surface area (Å²) in [4.78, 5) is 40.0. The first-order valence-electron chi connectivity index (χ1n) is 11.4. The first-order valence-corrected chi connectivity index (χ1v) is 11.4. The van der Waals surface area contributed by atoms with Crippen LogP contribution in [0.5, 0.6) is 0 Å². The van der Waals surface area contributed by atoms with Gasteiger partial charge in [0.25, 0.3) is 11.5 Å². The molecule has 2 bridgehead atoms. The highest BCUT2D eigenvalue weighted by Crippen LogP contribution is 2.53. The maximum Gasteiger partial charge on any atom is 0.269 e. The standard InChI is InChI=1S/C23H29FN6O2/c1-3-14-12-26-22(28-20(14)31)23-10-16(11-23)30(13-23)15-6-8-29(9-7-15)18-5-4-17(21(32)25-2)27-19(18)24/h4-5,12,15-16H,3,6-11,13H2,1-2H3,(H,25,32)(H,26,28,31). The van der Waals surface area contributed by atoms with Crippen LogP contribution in [0.1, 0.15) is 54.5 Å². The smallest absolute Gasteiger partial charge is 0.269 e. The average Bonchev–Trinajstić information content (AvgIpc) is 3.36.